The number of urea groups is 1. The first-order chi connectivity index (χ1) is 17.1. The van der Waals surface area contributed by atoms with Crippen molar-refractivity contribution < 1.29 is 14.0 Å². The highest BCUT2D eigenvalue weighted by molar-refractivity contribution is 5.94. The van der Waals surface area contributed by atoms with Crippen molar-refractivity contribution in [2.24, 2.45) is 0 Å². The molecule has 1 aromatic carbocycles. The molecule has 180 valence electrons. The Bertz CT molecular complexity index is 1180. The van der Waals surface area contributed by atoms with Crippen LogP contribution >= 0.6 is 0 Å². The quantitative estimate of drug-likeness (QED) is 0.520. The molecule has 3 amide bonds. The lowest BCUT2D eigenvalue weighted by atomic mass is 10.1. The van der Waals surface area contributed by atoms with Gasteiger partial charge in [-0.1, -0.05) is 12.1 Å². The topological polar surface area (TPSA) is 115 Å². The number of anilines is 1. The number of carbonyl (C=O) groups is 2. The van der Waals surface area contributed by atoms with Crippen LogP contribution in [0.25, 0.3) is 0 Å². The van der Waals surface area contributed by atoms with E-state index in [0.717, 1.165) is 38.0 Å². The fourth-order valence-electron chi connectivity index (χ4n) is 4.00. The van der Waals surface area contributed by atoms with Crippen molar-refractivity contribution in [2.45, 2.75) is 19.4 Å². The zero-order valence-electron chi connectivity index (χ0n) is 19.4. The fraction of sp³-hybridized carbons (Fsp3) is 0.308. The highest BCUT2D eigenvalue weighted by Gasteiger charge is 2.21. The van der Waals surface area contributed by atoms with Crippen molar-refractivity contribution in [3.8, 4) is 6.07 Å². The summed E-state index contributed by atoms with van der Waals surface area (Å²) in [6.45, 7) is 4.09. The standard InChI is InChI=1S/C26H28N6O3/c27-16-21-6-1-2-8-24(21)30-26(34)32-12-10-31(11-13-32)9-3-5-20-15-22(18-28-17-20)25(33)29-19-23-7-4-14-35-23/h1-2,4,6-8,14-15,17-18H,3,5,9-13,19H2,(H,29,33)(H,30,34). The molecule has 1 fully saturated rings. The van der Waals surface area contributed by atoms with Gasteiger partial charge in [0.1, 0.15) is 11.8 Å². The molecule has 3 aromatic rings. The van der Waals surface area contributed by atoms with Gasteiger partial charge in [0.2, 0.25) is 0 Å². The van der Waals surface area contributed by atoms with Crippen LogP contribution in [0.5, 0.6) is 0 Å². The van der Waals surface area contributed by atoms with E-state index in [9.17, 15) is 14.9 Å². The van der Waals surface area contributed by atoms with E-state index in [4.69, 9.17) is 4.42 Å². The SMILES string of the molecule is N#Cc1ccccc1NC(=O)N1CCN(CCCc2cncc(C(=O)NCc3ccco3)c2)CC1. The molecular formula is C26H28N6O3. The molecule has 0 radical (unpaired) electrons. The number of hydrogen-bond acceptors (Lipinski definition) is 6. The van der Waals surface area contributed by atoms with Crippen molar-refractivity contribution in [3.05, 3.63) is 83.6 Å². The van der Waals surface area contributed by atoms with Gasteiger partial charge in [-0.3, -0.25) is 14.7 Å². The number of hydrogen-bond donors (Lipinski definition) is 2. The number of nitriles is 1. The Morgan fingerprint density at radius 3 is 2.69 bits per heavy atom. The number of nitrogens with one attached hydrogen (secondary N) is 2. The number of piperazine rings is 1. The van der Waals surface area contributed by atoms with Crippen molar-refractivity contribution >= 4 is 17.6 Å². The highest BCUT2D eigenvalue weighted by atomic mass is 16.3. The molecule has 1 aliphatic heterocycles. The van der Waals surface area contributed by atoms with E-state index in [1.807, 2.05) is 12.1 Å². The Morgan fingerprint density at radius 2 is 1.91 bits per heavy atom. The normalized spacial score (nSPS) is 13.7. The third kappa shape index (κ3) is 6.68. The summed E-state index contributed by atoms with van der Waals surface area (Å²) >= 11 is 0. The molecule has 3 heterocycles. The Balaban J connectivity index is 1.18. The second kappa shape index (κ2) is 11.8. The number of nitrogens with zero attached hydrogens (tertiary/aromatic N) is 4. The lowest BCUT2D eigenvalue weighted by Crippen LogP contribution is -2.50. The number of pyridine rings is 1. The Kier molecular flexibility index (Phi) is 8.09. The second-order valence-electron chi connectivity index (χ2n) is 8.36. The molecule has 2 N–H and O–H groups in total. The summed E-state index contributed by atoms with van der Waals surface area (Å²) < 4.78 is 5.24. The fourth-order valence-corrected chi connectivity index (χ4v) is 4.00. The smallest absolute Gasteiger partial charge is 0.321 e. The first-order valence-corrected chi connectivity index (χ1v) is 11.6. The van der Waals surface area contributed by atoms with Gasteiger partial charge in [0.15, 0.2) is 0 Å². The number of benzene rings is 1. The molecule has 1 saturated heterocycles. The molecule has 0 saturated carbocycles. The first kappa shape index (κ1) is 24.0. The number of aryl methyl sites for hydroxylation is 1. The van der Waals surface area contributed by atoms with Gasteiger partial charge in [-0.15, -0.1) is 0 Å². The van der Waals surface area contributed by atoms with Gasteiger partial charge in [0, 0.05) is 38.6 Å². The van der Waals surface area contributed by atoms with E-state index in [1.165, 1.54) is 0 Å². The maximum atomic E-state index is 12.6. The lowest BCUT2D eigenvalue weighted by Gasteiger charge is -2.34. The van der Waals surface area contributed by atoms with E-state index in [0.29, 0.717) is 42.2 Å². The molecular weight excluding hydrogens is 444 g/mol. The average molecular weight is 473 g/mol. The molecule has 0 atom stereocenters. The molecule has 9 heteroatoms. The molecule has 9 nitrogen and oxygen atoms in total. The molecule has 1 aliphatic rings. The molecule has 0 aliphatic carbocycles. The van der Waals surface area contributed by atoms with Gasteiger partial charge in [-0.05, 0) is 55.3 Å². The van der Waals surface area contributed by atoms with Crippen LogP contribution in [-0.4, -0.2) is 59.4 Å². The number of amides is 3. The second-order valence-corrected chi connectivity index (χ2v) is 8.36. The zero-order valence-corrected chi connectivity index (χ0v) is 19.4. The third-order valence-electron chi connectivity index (χ3n) is 5.95. The van der Waals surface area contributed by atoms with Crippen LogP contribution < -0.4 is 10.6 Å². The minimum atomic E-state index is -0.180. The van der Waals surface area contributed by atoms with Crippen LogP contribution in [0.1, 0.15) is 33.7 Å². The first-order valence-electron chi connectivity index (χ1n) is 11.6. The zero-order chi connectivity index (χ0) is 24.5. The van der Waals surface area contributed by atoms with Gasteiger partial charge in [-0.25, -0.2) is 4.79 Å². The van der Waals surface area contributed by atoms with Gasteiger partial charge in [0.25, 0.3) is 5.91 Å². The maximum absolute atomic E-state index is 12.6. The van der Waals surface area contributed by atoms with Gasteiger partial charge < -0.3 is 20.0 Å². The predicted molar refractivity (Wildman–Crippen MR) is 131 cm³/mol. The minimum absolute atomic E-state index is 0.178. The van der Waals surface area contributed by atoms with E-state index < -0.39 is 0 Å². The van der Waals surface area contributed by atoms with Gasteiger partial charge in [0.05, 0.1) is 29.6 Å². The lowest BCUT2D eigenvalue weighted by molar-refractivity contribution is 0.0947. The molecule has 2 aromatic heterocycles. The number of aromatic nitrogens is 1. The summed E-state index contributed by atoms with van der Waals surface area (Å²) in [5.41, 5.74) is 2.54. The van der Waals surface area contributed by atoms with Crippen molar-refractivity contribution in [1.82, 2.24) is 20.1 Å². The third-order valence-corrected chi connectivity index (χ3v) is 5.95. The van der Waals surface area contributed by atoms with Gasteiger partial charge >= 0.3 is 6.03 Å². The average Bonchev–Trinajstić information content (AvgIpc) is 3.42. The summed E-state index contributed by atoms with van der Waals surface area (Å²) in [4.78, 5) is 33.3. The molecule has 0 unspecified atom stereocenters. The summed E-state index contributed by atoms with van der Waals surface area (Å²) in [6, 6.07) is 14.4. The van der Waals surface area contributed by atoms with Crippen LogP contribution in [-0.2, 0) is 13.0 Å². The molecule has 0 bridgehead atoms. The number of furan rings is 1. The van der Waals surface area contributed by atoms with Crippen LogP contribution in [0.2, 0.25) is 0 Å². The minimum Gasteiger partial charge on any atom is -0.467 e. The highest BCUT2D eigenvalue weighted by Crippen LogP contribution is 2.15. The molecule has 35 heavy (non-hydrogen) atoms. The maximum Gasteiger partial charge on any atom is 0.321 e. The summed E-state index contributed by atoms with van der Waals surface area (Å²) in [7, 11) is 0. The number of carbonyl (C=O) groups excluding carboxylic acids is 2. The van der Waals surface area contributed by atoms with Crippen molar-refractivity contribution in [2.75, 3.05) is 38.0 Å². The molecule has 0 spiro atoms. The summed E-state index contributed by atoms with van der Waals surface area (Å²) in [5.74, 6) is 0.523. The van der Waals surface area contributed by atoms with Gasteiger partial charge in [-0.2, -0.15) is 5.26 Å². The van der Waals surface area contributed by atoms with Crippen LogP contribution in [0.3, 0.4) is 0 Å². The number of para-hydroxylation sites is 1. The van der Waals surface area contributed by atoms with Crippen LogP contribution in [0, 0.1) is 11.3 Å². The van der Waals surface area contributed by atoms with E-state index in [1.54, 1.807) is 53.9 Å². The van der Waals surface area contributed by atoms with Crippen molar-refractivity contribution in [3.63, 3.8) is 0 Å². The van der Waals surface area contributed by atoms with Crippen molar-refractivity contribution in [1.29, 1.82) is 5.26 Å². The van der Waals surface area contributed by atoms with E-state index in [2.05, 4.69) is 26.6 Å². The summed E-state index contributed by atoms with van der Waals surface area (Å²) in [6.07, 6.45) is 6.69. The van der Waals surface area contributed by atoms with E-state index in [-0.39, 0.29) is 11.9 Å². The predicted octanol–water partition coefficient (Wildman–Crippen LogP) is 3.26. The Labute approximate surface area is 204 Å². The molecule has 4 rings (SSSR count). The van der Waals surface area contributed by atoms with E-state index >= 15 is 0 Å². The Morgan fingerprint density at radius 1 is 1.09 bits per heavy atom. The Hall–Kier alpha value is -4.16. The van der Waals surface area contributed by atoms with Crippen LogP contribution in [0.15, 0.2) is 65.5 Å². The number of rotatable bonds is 8. The monoisotopic (exact) mass is 472 g/mol. The summed E-state index contributed by atoms with van der Waals surface area (Å²) in [5, 5.41) is 14.9. The largest absolute Gasteiger partial charge is 0.467 e. The van der Waals surface area contributed by atoms with Crippen LogP contribution in [0.4, 0.5) is 10.5 Å².